The van der Waals surface area contributed by atoms with Crippen molar-refractivity contribution < 1.29 is 9.53 Å². The number of nitrogens with zero attached hydrogens (tertiary/aromatic N) is 1. The summed E-state index contributed by atoms with van der Waals surface area (Å²) in [6, 6.07) is 3.72. The lowest BCUT2D eigenvalue weighted by molar-refractivity contribution is -0.130. The Balaban J connectivity index is 2.07. The quantitative estimate of drug-likeness (QED) is 0.840. The average molecular weight is 249 g/mol. The molecule has 1 amide bonds. The summed E-state index contributed by atoms with van der Waals surface area (Å²) in [6.45, 7) is 3.48. The van der Waals surface area contributed by atoms with E-state index < -0.39 is 5.41 Å². The number of hydrogen-bond acceptors (Lipinski definition) is 4. The van der Waals surface area contributed by atoms with E-state index in [0.29, 0.717) is 38.4 Å². The van der Waals surface area contributed by atoms with Gasteiger partial charge in [0.05, 0.1) is 5.41 Å². The molecular weight excluding hydrogens is 230 g/mol. The van der Waals surface area contributed by atoms with Gasteiger partial charge in [-0.25, -0.2) is 4.98 Å². The first-order valence-electron chi connectivity index (χ1n) is 6.18. The molecule has 0 aromatic carbocycles. The summed E-state index contributed by atoms with van der Waals surface area (Å²) < 4.78 is 5.29. The van der Waals surface area contributed by atoms with Gasteiger partial charge in [0.15, 0.2) is 0 Å². The molecule has 18 heavy (non-hydrogen) atoms. The van der Waals surface area contributed by atoms with Gasteiger partial charge in [-0.05, 0) is 31.4 Å². The van der Waals surface area contributed by atoms with Crippen LogP contribution < -0.4 is 11.1 Å². The molecule has 1 aliphatic heterocycles. The van der Waals surface area contributed by atoms with Crippen molar-refractivity contribution in [3.8, 4) is 0 Å². The average Bonchev–Trinajstić information content (AvgIpc) is 2.42. The van der Waals surface area contributed by atoms with Crippen molar-refractivity contribution in [2.45, 2.75) is 19.8 Å². The number of anilines is 1. The summed E-state index contributed by atoms with van der Waals surface area (Å²) in [5, 5.41) is 2.84. The number of nitrogens with one attached hydrogen (secondary N) is 1. The van der Waals surface area contributed by atoms with Gasteiger partial charge in [0, 0.05) is 26.0 Å². The smallest absolute Gasteiger partial charge is 0.233 e. The van der Waals surface area contributed by atoms with Crippen LogP contribution in [-0.2, 0) is 9.53 Å². The second-order valence-corrected chi connectivity index (χ2v) is 4.77. The standard InChI is InChI=1S/C13H19N3O2/c1-10-2-3-11(15-8-10)16-12(17)13(9-14)4-6-18-7-5-13/h2-3,8H,4-7,9,14H2,1H3,(H,15,16,17). The van der Waals surface area contributed by atoms with Crippen molar-refractivity contribution in [1.82, 2.24) is 4.98 Å². The normalized spacial score (nSPS) is 18.3. The first-order chi connectivity index (χ1) is 8.66. The zero-order chi connectivity index (χ0) is 13.0. The fourth-order valence-corrected chi connectivity index (χ4v) is 2.08. The Bertz CT molecular complexity index is 411. The van der Waals surface area contributed by atoms with E-state index in [-0.39, 0.29) is 5.91 Å². The highest BCUT2D eigenvalue weighted by Crippen LogP contribution is 2.30. The molecule has 0 spiro atoms. The second kappa shape index (κ2) is 5.46. The molecule has 3 N–H and O–H groups in total. The minimum Gasteiger partial charge on any atom is -0.381 e. The molecule has 1 aromatic heterocycles. The van der Waals surface area contributed by atoms with Gasteiger partial charge in [0.1, 0.15) is 5.82 Å². The van der Waals surface area contributed by atoms with Crippen LogP contribution in [-0.4, -0.2) is 30.6 Å². The maximum atomic E-state index is 12.3. The maximum Gasteiger partial charge on any atom is 0.233 e. The third-order valence-corrected chi connectivity index (χ3v) is 3.48. The van der Waals surface area contributed by atoms with Gasteiger partial charge in [0.25, 0.3) is 0 Å². The van der Waals surface area contributed by atoms with Gasteiger partial charge in [-0.3, -0.25) is 4.79 Å². The number of aryl methyl sites for hydroxylation is 1. The van der Waals surface area contributed by atoms with Crippen molar-refractivity contribution in [3.63, 3.8) is 0 Å². The van der Waals surface area contributed by atoms with Crippen LogP contribution in [0.4, 0.5) is 5.82 Å². The molecule has 0 radical (unpaired) electrons. The van der Waals surface area contributed by atoms with Crippen LogP contribution in [0, 0.1) is 12.3 Å². The zero-order valence-corrected chi connectivity index (χ0v) is 10.6. The van der Waals surface area contributed by atoms with Crippen molar-refractivity contribution in [2.75, 3.05) is 25.1 Å². The van der Waals surface area contributed by atoms with Crippen molar-refractivity contribution in [2.24, 2.45) is 11.1 Å². The lowest BCUT2D eigenvalue weighted by Crippen LogP contribution is -2.46. The first kappa shape index (κ1) is 13.0. The molecule has 0 saturated carbocycles. The monoisotopic (exact) mass is 249 g/mol. The largest absolute Gasteiger partial charge is 0.381 e. The number of hydrogen-bond donors (Lipinski definition) is 2. The topological polar surface area (TPSA) is 77.2 Å². The van der Waals surface area contributed by atoms with E-state index in [2.05, 4.69) is 10.3 Å². The molecule has 1 fully saturated rings. The molecular formula is C13H19N3O2. The summed E-state index contributed by atoms with van der Waals surface area (Å²) in [5.41, 5.74) is 6.33. The number of carbonyl (C=O) groups excluding carboxylic acids is 1. The maximum absolute atomic E-state index is 12.3. The minimum absolute atomic E-state index is 0.0512. The van der Waals surface area contributed by atoms with Crippen molar-refractivity contribution >= 4 is 11.7 Å². The van der Waals surface area contributed by atoms with E-state index in [1.807, 2.05) is 13.0 Å². The Morgan fingerprint density at radius 3 is 2.78 bits per heavy atom. The molecule has 0 bridgehead atoms. The van der Waals surface area contributed by atoms with Crippen LogP contribution in [0.3, 0.4) is 0 Å². The molecule has 98 valence electrons. The Labute approximate surface area is 107 Å². The SMILES string of the molecule is Cc1ccc(NC(=O)C2(CN)CCOCC2)nc1. The van der Waals surface area contributed by atoms with Gasteiger partial charge < -0.3 is 15.8 Å². The Morgan fingerprint density at radius 2 is 2.22 bits per heavy atom. The van der Waals surface area contributed by atoms with Crippen LogP contribution in [0.25, 0.3) is 0 Å². The summed E-state index contributed by atoms with van der Waals surface area (Å²) in [6.07, 6.45) is 3.07. The molecule has 1 saturated heterocycles. The lowest BCUT2D eigenvalue weighted by atomic mass is 9.79. The van der Waals surface area contributed by atoms with Crippen LogP contribution in [0.15, 0.2) is 18.3 Å². The van der Waals surface area contributed by atoms with E-state index in [4.69, 9.17) is 10.5 Å². The fraction of sp³-hybridized carbons (Fsp3) is 0.538. The molecule has 5 nitrogen and oxygen atoms in total. The molecule has 2 heterocycles. The molecule has 1 aliphatic rings. The van der Waals surface area contributed by atoms with E-state index in [1.165, 1.54) is 0 Å². The molecule has 0 unspecified atom stereocenters. The number of rotatable bonds is 3. The number of carbonyl (C=O) groups is 1. The zero-order valence-electron chi connectivity index (χ0n) is 10.6. The summed E-state index contributed by atoms with van der Waals surface area (Å²) >= 11 is 0. The highest BCUT2D eigenvalue weighted by Gasteiger charge is 2.38. The predicted octanol–water partition coefficient (Wildman–Crippen LogP) is 1.08. The molecule has 0 aliphatic carbocycles. The number of pyridine rings is 1. The van der Waals surface area contributed by atoms with Crippen LogP contribution >= 0.6 is 0 Å². The lowest BCUT2D eigenvalue weighted by Gasteiger charge is -2.34. The Hall–Kier alpha value is -1.46. The number of aromatic nitrogens is 1. The number of ether oxygens (including phenoxy) is 1. The minimum atomic E-state index is -0.509. The summed E-state index contributed by atoms with van der Waals surface area (Å²) in [7, 11) is 0. The Kier molecular flexibility index (Phi) is 3.93. The van der Waals surface area contributed by atoms with E-state index in [0.717, 1.165) is 5.56 Å². The van der Waals surface area contributed by atoms with E-state index >= 15 is 0 Å². The van der Waals surface area contributed by atoms with Crippen LogP contribution in [0.2, 0.25) is 0 Å². The Morgan fingerprint density at radius 1 is 1.50 bits per heavy atom. The van der Waals surface area contributed by atoms with Gasteiger partial charge in [-0.1, -0.05) is 6.07 Å². The van der Waals surface area contributed by atoms with Gasteiger partial charge >= 0.3 is 0 Å². The third kappa shape index (κ3) is 2.68. The van der Waals surface area contributed by atoms with Gasteiger partial charge in [-0.2, -0.15) is 0 Å². The van der Waals surface area contributed by atoms with Gasteiger partial charge in [-0.15, -0.1) is 0 Å². The van der Waals surface area contributed by atoms with Crippen LogP contribution in [0.1, 0.15) is 18.4 Å². The summed E-state index contributed by atoms with van der Waals surface area (Å²) in [4.78, 5) is 16.5. The van der Waals surface area contributed by atoms with Crippen LogP contribution in [0.5, 0.6) is 0 Å². The fourth-order valence-electron chi connectivity index (χ4n) is 2.08. The van der Waals surface area contributed by atoms with E-state index in [1.54, 1.807) is 12.3 Å². The van der Waals surface area contributed by atoms with Gasteiger partial charge in [0.2, 0.25) is 5.91 Å². The molecule has 1 aromatic rings. The first-order valence-corrected chi connectivity index (χ1v) is 6.18. The number of amides is 1. The highest BCUT2D eigenvalue weighted by molar-refractivity contribution is 5.94. The number of nitrogens with two attached hydrogens (primary N) is 1. The highest BCUT2D eigenvalue weighted by atomic mass is 16.5. The molecule has 0 atom stereocenters. The van der Waals surface area contributed by atoms with Crippen molar-refractivity contribution in [3.05, 3.63) is 23.9 Å². The van der Waals surface area contributed by atoms with E-state index in [9.17, 15) is 4.79 Å². The summed E-state index contributed by atoms with van der Waals surface area (Å²) in [5.74, 6) is 0.523. The third-order valence-electron chi connectivity index (χ3n) is 3.48. The molecule has 2 rings (SSSR count). The predicted molar refractivity (Wildman–Crippen MR) is 69.1 cm³/mol. The molecule has 5 heteroatoms. The second-order valence-electron chi connectivity index (χ2n) is 4.77. The van der Waals surface area contributed by atoms with Crippen molar-refractivity contribution in [1.29, 1.82) is 0 Å².